The molecule has 174 valence electrons. The van der Waals surface area contributed by atoms with Gasteiger partial charge in [-0.1, -0.05) is 6.07 Å². The van der Waals surface area contributed by atoms with Crippen LogP contribution in [0.5, 0.6) is 17.2 Å². The van der Waals surface area contributed by atoms with Crippen LogP contribution in [0.2, 0.25) is 0 Å². The highest BCUT2D eigenvalue weighted by molar-refractivity contribution is 6.12. The first-order chi connectivity index (χ1) is 15.9. The first kappa shape index (κ1) is 21.9. The van der Waals surface area contributed by atoms with Crippen molar-refractivity contribution in [2.24, 2.45) is 0 Å². The molecule has 0 aliphatic carbocycles. The Morgan fingerprint density at radius 1 is 1.00 bits per heavy atom. The van der Waals surface area contributed by atoms with Crippen LogP contribution in [0, 0.1) is 0 Å². The molecule has 1 N–H and O–H groups in total. The van der Waals surface area contributed by atoms with E-state index in [1.807, 2.05) is 35.4 Å². The molecule has 0 spiro atoms. The van der Waals surface area contributed by atoms with Gasteiger partial charge in [-0.2, -0.15) is 5.06 Å². The molecule has 3 aromatic rings. The summed E-state index contributed by atoms with van der Waals surface area (Å²) in [6, 6.07) is 9.73. The van der Waals surface area contributed by atoms with Crippen molar-refractivity contribution in [3.63, 3.8) is 0 Å². The van der Waals surface area contributed by atoms with Gasteiger partial charge in [0.15, 0.2) is 11.5 Å². The number of ketones is 1. The van der Waals surface area contributed by atoms with E-state index in [0.29, 0.717) is 24.5 Å². The average molecular weight is 452 g/mol. The Hall–Kier alpha value is -2.87. The molecule has 0 unspecified atom stereocenters. The van der Waals surface area contributed by atoms with Gasteiger partial charge < -0.3 is 19.3 Å². The third-order valence-corrected chi connectivity index (χ3v) is 6.91. The first-order valence-electron chi connectivity index (χ1n) is 11.2. The lowest BCUT2D eigenvalue weighted by molar-refractivity contribution is -0.275. The maximum Gasteiger partial charge on any atom is 0.161 e. The molecule has 1 saturated heterocycles. The Morgan fingerprint density at radius 2 is 1.70 bits per heavy atom. The molecule has 3 atom stereocenters. The summed E-state index contributed by atoms with van der Waals surface area (Å²) >= 11 is 0. The Bertz CT molecular complexity index is 1240. The number of hydrogen-bond acceptors (Lipinski definition) is 7. The molecule has 0 aromatic heterocycles. The summed E-state index contributed by atoms with van der Waals surface area (Å²) in [5.74, 6) is 2.12. The minimum atomic E-state index is -0.722. The Morgan fingerprint density at radius 3 is 2.36 bits per heavy atom. The van der Waals surface area contributed by atoms with Crippen LogP contribution in [0.4, 0.5) is 0 Å². The van der Waals surface area contributed by atoms with E-state index in [1.165, 1.54) is 0 Å². The number of methoxy groups -OCH3 is 3. The van der Waals surface area contributed by atoms with E-state index in [-0.39, 0.29) is 17.9 Å². The summed E-state index contributed by atoms with van der Waals surface area (Å²) in [6.07, 6.45) is 1.02. The number of rotatable bonds is 5. The molecule has 7 nitrogen and oxygen atoms in total. The van der Waals surface area contributed by atoms with Gasteiger partial charge in [-0.15, -0.1) is 0 Å². The van der Waals surface area contributed by atoms with Gasteiger partial charge in [0.25, 0.3) is 0 Å². The van der Waals surface area contributed by atoms with Crippen molar-refractivity contribution in [1.29, 1.82) is 0 Å². The molecule has 0 amide bonds. The number of nitrogens with zero attached hydrogens (tertiary/aromatic N) is 1. The van der Waals surface area contributed by atoms with Crippen molar-refractivity contribution in [3.8, 4) is 17.2 Å². The maximum atomic E-state index is 11.7. The third-order valence-electron chi connectivity index (χ3n) is 6.91. The maximum absolute atomic E-state index is 11.7. The number of ether oxygens (including phenoxy) is 3. The quantitative estimate of drug-likeness (QED) is 0.579. The zero-order chi connectivity index (χ0) is 23.3. The van der Waals surface area contributed by atoms with E-state index in [0.717, 1.165) is 51.3 Å². The molecule has 5 rings (SSSR count). The van der Waals surface area contributed by atoms with Crippen LogP contribution in [0.25, 0.3) is 21.5 Å². The van der Waals surface area contributed by atoms with E-state index < -0.39 is 6.10 Å². The van der Waals surface area contributed by atoms with Crippen molar-refractivity contribution < 1.29 is 28.9 Å². The Balaban J connectivity index is 1.74. The summed E-state index contributed by atoms with van der Waals surface area (Å²) in [5.41, 5.74) is 1.91. The zero-order valence-corrected chi connectivity index (χ0v) is 19.4. The van der Waals surface area contributed by atoms with Crippen LogP contribution in [0.1, 0.15) is 43.4 Å². The van der Waals surface area contributed by atoms with Crippen molar-refractivity contribution in [3.05, 3.63) is 41.5 Å². The first-order valence-corrected chi connectivity index (χ1v) is 11.2. The lowest BCUT2D eigenvalue weighted by Crippen LogP contribution is -2.49. The number of Topliss-reactive ketones (excluding diaryl/α,β-unsaturated/α-hetero) is 1. The largest absolute Gasteiger partial charge is 0.497 e. The topological polar surface area (TPSA) is 77.5 Å². The second-order valence-corrected chi connectivity index (χ2v) is 8.85. The van der Waals surface area contributed by atoms with Crippen LogP contribution in [-0.2, 0) is 16.2 Å². The number of benzene rings is 3. The lowest BCUT2D eigenvalue weighted by Gasteiger charge is -2.45. The highest BCUT2D eigenvalue weighted by atomic mass is 16.7. The van der Waals surface area contributed by atoms with Crippen LogP contribution in [0.3, 0.4) is 0 Å². The van der Waals surface area contributed by atoms with Crippen LogP contribution >= 0.6 is 0 Å². The number of fused-ring (bicyclic) bond motifs is 7. The van der Waals surface area contributed by atoms with Crippen LogP contribution < -0.4 is 14.2 Å². The number of carbonyl (C=O) groups excluding carboxylic acids is 1. The van der Waals surface area contributed by atoms with E-state index in [9.17, 15) is 9.90 Å². The van der Waals surface area contributed by atoms with Gasteiger partial charge in [-0.3, -0.25) is 9.63 Å². The molecule has 1 fully saturated rings. The van der Waals surface area contributed by atoms with Gasteiger partial charge in [-0.05, 0) is 76.7 Å². The molecule has 0 saturated carbocycles. The number of carbonyl (C=O) groups is 1. The Kier molecular flexibility index (Phi) is 5.64. The SMILES string of the molecule is COc1ccc2c3c(c4cc(OC)c(OC)cc4c2c1)CN1O[C@@H](CC(C)=O)CC[C@H]1[C@H]3O. The van der Waals surface area contributed by atoms with Gasteiger partial charge in [0.05, 0.1) is 46.1 Å². The lowest BCUT2D eigenvalue weighted by atomic mass is 9.82. The van der Waals surface area contributed by atoms with E-state index in [2.05, 4.69) is 0 Å². The molecule has 2 heterocycles. The third kappa shape index (κ3) is 3.60. The number of aliphatic hydroxyl groups is 1. The van der Waals surface area contributed by atoms with Crippen molar-refractivity contribution in [1.82, 2.24) is 5.06 Å². The highest BCUT2D eigenvalue weighted by Gasteiger charge is 2.41. The summed E-state index contributed by atoms with van der Waals surface area (Å²) in [7, 11) is 4.88. The monoisotopic (exact) mass is 451 g/mol. The molecular weight excluding hydrogens is 422 g/mol. The van der Waals surface area contributed by atoms with Gasteiger partial charge in [0, 0.05) is 6.42 Å². The predicted octanol–water partition coefficient (Wildman–Crippen LogP) is 4.31. The summed E-state index contributed by atoms with van der Waals surface area (Å²) in [4.78, 5) is 17.9. The second kappa shape index (κ2) is 8.48. The molecule has 2 aliphatic rings. The molecular formula is C26H29NO6. The normalized spacial score (nSPS) is 22.6. The van der Waals surface area contributed by atoms with E-state index in [4.69, 9.17) is 19.0 Å². The fourth-order valence-electron chi connectivity index (χ4n) is 5.38. The second-order valence-electron chi connectivity index (χ2n) is 8.85. The van der Waals surface area contributed by atoms with Crippen molar-refractivity contribution in [2.45, 2.75) is 51.0 Å². The van der Waals surface area contributed by atoms with E-state index >= 15 is 0 Å². The molecule has 3 aromatic carbocycles. The molecule has 33 heavy (non-hydrogen) atoms. The average Bonchev–Trinajstić information content (AvgIpc) is 2.82. The van der Waals surface area contributed by atoms with Crippen molar-refractivity contribution in [2.75, 3.05) is 21.3 Å². The van der Waals surface area contributed by atoms with Crippen LogP contribution in [0.15, 0.2) is 30.3 Å². The summed E-state index contributed by atoms with van der Waals surface area (Å²) < 4.78 is 16.7. The fraction of sp³-hybridized carbons (Fsp3) is 0.423. The minimum Gasteiger partial charge on any atom is -0.497 e. The van der Waals surface area contributed by atoms with Crippen LogP contribution in [-0.4, -0.2) is 49.4 Å². The fourth-order valence-corrected chi connectivity index (χ4v) is 5.38. The predicted molar refractivity (Wildman–Crippen MR) is 125 cm³/mol. The van der Waals surface area contributed by atoms with E-state index in [1.54, 1.807) is 28.3 Å². The van der Waals surface area contributed by atoms with Gasteiger partial charge in [-0.25, -0.2) is 0 Å². The smallest absolute Gasteiger partial charge is 0.161 e. The summed E-state index contributed by atoms with van der Waals surface area (Å²) in [5, 5.41) is 17.4. The molecule has 2 aliphatic heterocycles. The Labute approximate surface area is 192 Å². The number of aliphatic hydroxyl groups excluding tert-OH is 1. The van der Waals surface area contributed by atoms with Gasteiger partial charge in [0.2, 0.25) is 0 Å². The highest BCUT2D eigenvalue weighted by Crippen LogP contribution is 2.47. The number of hydrogen-bond donors (Lipinski definition) is 1. The van der Waals surface area contributed by atoms with Gasteiger partial charge in [0.1, 0.15) is 11.5 Å². The molecule has 0 radical (unpaired) electrons. The zero-order valence-electron chi connectivity index (χ0n) is 19.4. The molecule has 7 heteroatoms. The standard InChI is InChI=1S/C26H29NO6/c1-14(28)9-16-6-8-22-26(29)25-17-7-5-15(30-2)10-18(17)19-11-23(31-3)24(32-4)12-20(19)21(25)13-27(22)33-16/h5,7,10-12,16,22,26,29H,6,8-9,13H2,1-4H3/t16-,22+,26-/m1/s1. The molecule has 0 bridgehead atoms. The van der Waals surface area contributed by atoms with Crippen molar-refractivity contribution >= 4 is 27.3 Å². The van der Waals surface area contributed by atoms with Gasteiger partial charge >= 0.3 is 0 Å². The summed E-state index contributed by atoms with van der Waals surface area (Å²) in [6.45, 7) is 2.10. The number of hydroxylamine groups is 2. The minimum absolute atomic E-state index is 0.110.